The van der Waals surface area contributed by atoms with Gasteiger partial charge in [0.2, 0.25) is 5.89 Å². The fourth-order valence-corrected chi connectivity index (χ4v) is 9.28. The number of hydrogen-bond acceptors (Lipinski definition) is 3. The molecule has 2 unspecified atom stereocenters. The zero-order valence-electron chi connectivity index (χ0n) is 35.0. The summed E-state index contributed by atoms with van der Waals surface area (Å²) in [5, 5.41) is 2.57. The number of benzene rings is 9. The van der Waals surface area contributed by atoms with Crippen LogP contribution in [-0.4, -0.2) is 4.98 Å². The molecule has 0 saturated heterocycles. The quantitative estimate of drug-likeness (QED) is 0.145. The van der Waals surface area contributed by atoms with Gasteiger partial charge in [-0.2, -0.15) is 0 Å². The minimum atomic E-state index is 0.298. The van der Waals surface area contributed by atoms with Gasteiger partial charge in [-0.05, 0) is 127 Å². The molecule has 1 aliphatic carbocycles. The number of allylic oxidation sites excluding steroid dienone is 4. The summed E-state index contributed by atoms with van der Waals surface area (Å²) in [6, 6.07) is 77.9. The Labute approximate surface area is 368 Å². The number of rotatable bonds is 9. The molecule has 300 valence electrons. The molecule has 1 aromatic heterocycles. The molecule has 0 aliphatic heterocycles. The van der Waals surface area contributed by atoms with Crippen LogP contribution in [-0.2, 0) is 0 Å². The smallest absolute Gasteiger partial charge is 0.227 e. The van der Waals surface area contributed by atoms with Gasteiger partial charge in [-0.3, -0.25) is 0 Å². The Morgan fingerprint density at radius 2 is 0.968 bits per heavy atom. The first-order valence-corrected chi connectivity index (χ1v) is 21.7. The van der Waals surface area contributed by atoms with Gasteiger partial charge in [0.15, 0.2) is 5.58 Å². The molecule has 0 bridgehead atoms. The van der Waals surface area contributed by atoms with E-state index in [1.165, 1.54) is 49.7 Å². The third kappa shape index (κ3) is 7.34. The van der Waals surface area contributed by atoms with E-state index >= 15 is 0 Å². The van der Waals surface area contributed by atoms with Gasteiger partial charge in [0.05, 0.1) is 0 Å². The van der Waals surface area contributed by atoms with E-state index in [1.807, 2.05) is 24.3 Å². The number of fused-ring (bicyclic) bond motifs is 2. The second-order valence-electron chi connectivity index (χ2n) is 16.4. The SMILES string of the molecule is CC1C=C(c2cccc3ccccc23)C=CC1c1ccc(N(c2ccccc2)c2ccc(-c3ccccc3-c3ccccc3-c3ccc(-c4nc5ccccc5o4)cc3)cc2)cc1. The lowest BCUT2D eigenvalue weighted by Gasteiger charge is -2.27. The molecule has 10 aromatic rings. The molecule has 11 rings (SSSR count). The van der Waals surface area contributed by atoms with Crippen molar-refractivity contribution in [2.75, 3.05) is 4.90 Å². The van der Waals surface area contributed by atoms with E-state index in [4.69, 9.17) is 9.40 Å². The topological polar surface area (TPSA) is 29.3 Å². The molecule has 0 saturated carbocycles. The predicted octanol–water partition coefficient (Wildman–Crippen LogP) is 16.5. The van der Waals surface area contributed by atoms with Gasteiger partial charge in [0, 0.05) is 28.5 Å². The van der Waals surface area contributed by atoms with Crippen LogP contribution in [0, 0.1) is 5.92 Å². The molecule has 1 aliphatic rings. The third-order valence-electron chi connectivity index (χ3n) is 12.5. The van der Waals surface area contributed by atoms with Crippen molar-refractivity contribution in [2.45, 2.75) is 12.8 Å². The Balaban J connectivity index is 0.871. The average molecular weight is 809 g/mol. The molecule has 0 amide bonds. The van der Waals surface area contributed by atoms with E-state index in [0.29, 0.717) is 17.7 Å². The van der Waals surface area contributed by atoms with Crippen LogP contribution in [0.1, 0.15) is 24.0 Å². The number of para-hydroxylation sites is 3. The van der Waals surface area contributed by atoms with Crippen molar-refractivity contribution >= 4 is 44.5 Å². The molecule has 0 fully saturated rings. The first kappa shape index (κ1) is 38.0. The third-order valence-corrected chi connectivity index (χ3v) is 12.5. The van der Waals surface area contributed by atoms with Gasteiger partial charge in [-0.25, -0.2) is 4.98 Å². The Morgan fingerprint density at radius 3 is 1.65 bits per heavy atom. The van der Waals surface area contributed by atoms with E-state index in [0.717, 1.165) is 44.9 Å². The van der Waals surface area contributed by atoms with Crippen LogP contribution < -0.4 is 4.90 Å². The fraction of sp³-hybridized carbons (Fsp3) is 0.0500. The number of oxazole rings is 1. The van der Waals surface area contributed by atoms with Gasteiger partial charge in [-0.1, -0.05) is 183 Å². The van der Waals surface area contributed by atoms with E-state index in [2.05, 4.69) is 224 Å². The summed E-state index contributed by atoms with van der Waals surface area (Å²) < 4.78 is 6.07. The number of anilines is 3. The van der Waals surface area contributed by atoms with Crippen molar-refractivity contribution in [1.29, 1.82) is 0 Å². The standard InChI is InChI=1S/C60H44N2O/c1-41-40-47(55-23-13-15-42-14-5-6-18-52(42)55)34-39-51(41)43-30-35-49(36-31-43)62(48-16-3-2-4-17-48)50-37-32-45(33-38-50)54-20-8-10-22-57(54)56-21-9-7-19-53(56)44-26-28-46(29-27-44)60-61-58-24-11-12-25-59(58)63-60/h2-41,51H,1H3. The highest BCUT2D eigenvalue weighted by atomic mass is 16.3. The molecule has 3 heteroatoms. The highest BCUT2D eigenvalue weighted by Crippen LogP contribution is 2.42. The van der Waals surface area contributed by atoms with Gasteiger partial charge >= 0.3 is 0 Å². The number of nitrogens with zero attached hydrogens (tertiary/aromatic N) is 2. The Hall–Kier alpha value is -8.01. The Morgan fingerprint density at radius 1 is 0.444 bits per heavy atom. The molecule has 2 atom stereocenters. The molecule has 3 nitrogen and oxygen atoms in total. The summed E-state index contributed by atoms with van der Waals surface area (Å²) in [5.74, 6) is 1.28. The Bertz CT molecular complexity index is 3250. The predicted molar refractivity (Wildman–Crippen MR) is 263 cm³/mol. The summed E-state index contributed by atoms with van der Waals surface area (Å²) in [7, 11) is 0. The van der Waals surface area contributed by atoms with Crippen molar-refractivity contribution in [3.8, 4) is 44.8 Å². The van der Waals surface area contributed by atoms with Gasteiger partial charge in [-0.15, -0.1) is 0 Å². The highest BCUT2D eigenvalue weighted by Gasteiger charge is 2.22. The fourth-order valence-electron chi connectivity index (χ4n) is 9.28. The second-order valence-corrected chi connectivity index (χ2v) is 16.4. The summed E-state index contributed by atoms with van der Waals surface area (Å²) in [6.07, 6.45) is 7.14. The summed E-state index contributed by atoms with van der Waals surface area (Å²) in [6.45, 7) is 2.33. The van der Waals surface area contributed by atoms with E-state index in [1.54, 1.807) is 0 Å². The van der Waals surface area contributed by atoms with Gasteiger partial charge < -0.3 is 9.32 Å². The van der Waals surface area contributed by atoms with Gasteiger partial charge in [0.1, 0.15) is 5.52 Å². The molecule has 1 heterocycles. The van der Waals surface area contributed by atoms with Crippen LogP contribution in [0.15, 0.2) is 241 Å². The zero-order chi connectivity index (χ0) is 42.1. The molecule has 0 radical (unpaired) electrons. The molecule has 9 aromatic carbocycles. The average Bonchev–Trinajstić information content (AvgIpc) is 3.80. The largest absolute Gasteiger partial charge is 0.436 e. The maximum atomic E-state index is 6.07. The van der Waals surface area contributed by atoms with Crippen molar-refractivity contribution < 1.29 is 4.42 Å². The first-order valence-electron chi connectivity index (χ1n) is 21.7. The highest BCUT2D eigenvalue weighted by molar-refractivity contribution is 5.97. The van der Waals surface area contributed by atoms with Crippen LogP contribution >= 0.6 is 0 Å². The minimum absolute atomic E-state index is 0.298. The Kier molecular flexibility index (Phi) is 9.91. The molecule has 63 heavy (non-hydrogen) atoms. The van der Waals surface area contributed by atoms with Crippen LogP contribution in [0.2, 0.25) is 0 Å². The molecule has 0 N–H and O–H groups in total. The lowest BCUT2D eigenvalue weighted by atomic mass is 9.80. The molecule has 0 spiro atoms. The minimum Gasteiger partial charge on any atom is -0.436 e. The van der Waals surface area contributed by atoms with Crippen molar-refractivity contribution in [1.82, 2.24) is 4.98 Å². The first-order chi connectivity index (χ1) is 31.1. The van der Waals surface area contributed by atoms with Crippen molar-refractivity contribution in [3.63, 3.8) is 0 Å². The second kappa shape index (κ2) is 16.5. The van der Waals surface area contributed by atoms with Crippen molar-refractivity contribution in [3.05, 3.63) is 248 Å². The maximum absolute atomic E-state index is 6.07. The summed E-state index contributed by atoms with van der Waals surface area (Å²) in [5.41, 5.74) is 16.9. The molecular weight excluding hydrogens is 765 g/mol. The number of hydrogen-bond donors (Lipinski definition) is 0. The maximum Gasteiger partial charge on any atom is 0.227 e. The lowest BCUT2D eigenvalue weighted by molar-refractivity contribution is 0.620. The van der Waals surface area contributed by atoms with E-state index in [-0.39, 0.29) is 0 Å². The van der Waals surface area contributed by atoms with Crippen LogP contribution in [0.5, 0.6) is 0 Å². The van der Waals surface area contributed by atoms with Crippen LogP contribution in [0.25, 0.3) is 72.3 Å². The van der Waals surface area contributed by atoms with E-state index < -0.39 is 0 Å². The van der Waals surface area contributed by atoms with Crippen LogP contribution in [0.4, 0.5) is 17.1 Å². The number of aromatic nitrogens is 1. The lowest BCUT2D eigenvalue weighted by Crippen LogP contribution is -2.11. The zero-order valence-corrected chi connectivity index (χ0v) is 35.0. The van der Waals surface area contributed by atoms with Gasteiger partial charge in [0.25, 0.3) is 0 Å². The monoisotopic (exact) mass is 808 g/mol. The summed E-state index contributed by atoms with van der Waals surface area (Å²) in [4.78, 5) is 7.06. The van der Waals surface area contributed by atoms with E-state index in [9.17, 15) is 0 Å². The van der Waals surface area contributed by atoms with Crippen molar-refractivity contribution in [2.24, 2.45) is 5.92 Å². The normalized spacial score (nSPS) is 14.8. The molecular formula is C60H44N2O. The van der Waals surface area contributed by atoms with Crippen LogP contribution in [0.3, 0.4) is 0 Å². The summed E-state index contributed by atoms with van der Waals surface area (Å²) >= 11 is 0.